The molecule has 1 heterocycles. The lowest BCUT2D eigenvalue weighted by Crippen LogP contribution is -2.30. The molecule has 1 saturated heterocycles. The first-order chi connectivity index (χ1) is 15.9. The minimum Gasteiger partial charge on any atom is -0.482 e. The molecule has 8 heteroatoms. The van der Waals surface area contributed by atoms with Crippen LogP contribution in [0, 0.1) is 0 Å². The van der Waals surface area contributed by atoms with Crippen LogP contribution in [0.5, 0.6) is 5.75 Å². The number of ether oxygens (including phenoxy) is 2. The molecule has 1 amide bonds. The SMILES string of the molecule is CCCCN1C(=O)/C(=C/c2ccc(OCC(=O)OC)cc2)SC1=Nc1cccc(C(C)=O)c1. The van der Waals surface area contributed by atoms with Crippen LogP contribution >= 0.6 is 11.8 Å². The molecule has 172 valence electrons. The summed E-state index contributed by atoms with van der Waals surface area (Å²) in [6.45, 7) is 4.00. The monoisotopic (exact) mass is 466 g/mol. The number of methoxy groups -OCH3 is 1. The maximum atomic E-state index is 13.1. The van der Waals surface area contributed by atoms with E-state index in [0.29, 0.717) is 33.6 Å². The van der Waals surface area contributed by atoms with E-state index in [1.807, 2.05) is 24.3 Å². The highest BCUT2D eigenvalue weighted by Gasteiger charge is 2.33. The van der Waals surface area contributed by atoms with Crippen molar-refractivity contribution in [2.75, 3.05) is 20.3 Å². The molecule has 0 N–H and O–H groups in total. The first-order valence-electron chi connectivity index (χ1n) is 10.6. The van der Waals surface area contributed by atoms with Crippen LogP contribution in [0.1, 0.15) is 42.6 Å². The molecule has 3 rings (SSSR count). The molecular weight excluding hydrogens is 440 g/mol. The van der Waals surface area contributed by atoms with Gasteiger partial charge in [0.15, 0.2) is 17.6 Å². The van der Waals surface area contributed by atoms with Crippen molar-refractivity contribution in [3.63, 3.8) is 0 Å². The van der Waals surface area contributed by atoms with E-state index >= 15 is 0 Å². The van der Waals surface area contributed by atoms with Crippen molar-refractivity contribution >= 4 is 46.4 Å². The number of thioether (sulfide) groups is 1. The van der Waals surface area contributed by atoms with Gasteiger partial charge in [0.25, 0.3) is 5.91 Å². The zero-order valence-corrected chi connectivity index (χ0v) is 19.7. The van der Waals surface area contributed by atoms with Crippen LogP contribution in [0.15, 0.2) is 58.4 Å². The number of benzene rings is 2. The van der Waals surface area contributed by atoms with Gasteiger partial charge in [0.05, 0.1) is 17.7 Å². The third-order valence-corrected chi connectivity index (χ3v) is 5.87. The minimum absolute atomic E-state index is 0.0327. The summed E-state index contributed by atoms with van der Waals surface area (Å²) in [4.78, 5) is 42.9. The Hall–Kier alpha value is -3.39. The molecule has 33 heavy (non-hydrogen) atoms. The van der Waals surface area contributed by atoms with E-state index in [0.717, 1.165) is 18.4 Å². The fourth-order valence-corrected chi connectivity index (χ4v) is 4.05. The maximum absolute atomic E-state index is 13.1. The van der Waals surface area contributed by atoms with Gasteiger partial charge in [-0.15, -0.1) is 0 Å². The van der Waals surface area contributed by atoms with E-state index in [9.17, 15) is 14.4 Å². The summed E-state index contributed by atoms with van der Waals surface area (Å²) in [6.07, 6.45) is 3.62. The van der Waals surface area contributed by atoms with Gasteiger partial charge in [-0.1, -0.05) is 37.6 Å². The lowest BCUT2D eigenvalue weighted by atomic mass is 10.1. The number of hydrogen-bond donors (Lipinski definition) is 0. The van der Waals surface area contributed by atoms with Crippen molar-refractivity contribution < 1.29 is 23.9 Å². The fraction of sp³-hybridized carbons (Fsp3) is 0.280. The quantitative estimate of drug-likeness (QED) is 0.299. The molecule has 0 spiro atoms. The Balaban J connectivity index is 1.82. The zero-order valence-electron chi connectivity index (χ0n) is 18.9. The molecule has 1 fully saturated rings. The molecule has 0 radical (unpaired) electrons. The largest absolute Gasteiger partial charge is 0.482 e. The third kappa shape index (κ3) is 6.55. The Morgan fingerprint density at radius 3 is 2.58 bits per heavy atom. The lowest BCUT2D eigenvalue weighted by Gasteiger charge is -2.14. The van der Waals surface area contributed by atoms with Gasteiger partial charge in [-0.3, -0.25) is 14.5 Å². The highest BCUT2D eigenvalue weighted by atomic mass is 32.2. The molecule has 0 aromatic heterocycles. The van der Waals surface area contributed by atoms with Crippen LogP contribution in [0.4, 0.5) is 5.69 Å². The highest BCUT2D eigenvalue weighted by Crippen LogP contribution is 2.34. The van der Waals surface area contributed by atoms with E-state index < -0.39 is 5.97 Å². The number of ketones is 1. The molecule has 1 aliphatic heterocycles. The number of carbonyl (C=O) groups is 3. The third-order valence-electron chi connectivity index (χ3n) is 4.86. The van der Waals surface area contributed by atoms with Gasteiger partial charge in [0, 0.05) is 12.1 Å². The molecule has 0 atom stereocenters. The molecule has 7 nitrogen and oxygen atoms in total. The Kier molecular flexibility index (Phi) is 8.43. The van der Waals surface area contributed by atoms with Gasteiger partial charge >= 0.3 is 5.97 Å². The number of carbonyl (C=O) groups excluding carboxylic acids is 3. The maximum Gasteiger partial charge on any atom is 0.343 e. The second-order valence-electron chi connectivity index (χ2n) is 7.36. The van der Waals surface area contributed by atoms with E-state index in [-0.39, 0.29) is 18.3 Å². The summed E-state index contributed by atoms with van der Waals surface area (Å²) >= 11 is 1.31. The van der Waals surface area contributed by atoms with Crippen LogP contribution in [-0.4, -0.2) is 48.0 Å². The summed E-state index contributed by atoms with van der Waals surface area (Å²) in [5.74, 6) is -0.0531. The zero-order chi connectivity index (χ0) is 23.8. The molecule has 0 saturated carbocycles. The van der Waals surface area contributed by atoms with Crippen molar-refractivity contribution in [2.45, 2.75) is 26.7 Å². The average molecular weight is 467 g/mol. The van der Waals surface area contributed by atoms with Crippen molar-refractivity contribution in [1.82, 2.24) is 4.90 Å². The van der Waals surface area contributed by atoms with Crippen molar-refractivity contribution in [2.24, 2.45) is 4.99 Å². The van der Waals surface area contributed by atoms with Gasteiger partial charge in [0.2, 0.25) is 0 Å². The fourth-order valence-electron chi connectivity index (χ4n) is 3.02. The first-order valence-corrected chi connectivity index (χ1v) is 11.4. The molecule has 0 bridgehead atoms. The number of unbranched alkanes of at least 4 members (excludes halogenated alkanes) is 1. The summed E-state index contributed by atoms with van der Waals surface area (Å²) in [5.41, 5.74) is 2.04. The second-order valence-corrected chi connectivity index (χ2v) is 8.36. The van der Waals surface area contributed by atoms with Crippen molar-refractivity contribution in [3.8, 4) is 5.75 Å². The van der Waals surface area contributed by atoms with E-state index in [1.54, 1.807) is 35.2 Å². The first kappa shape index (κ1) is 24.3. The van der Waals surface area contributed by atoms with Gasteiger partial charge in [0.1, 0.15) is 5.75 Å². The van der Waals surface area contributed by atoms with Crippen LogP contribution < -0.4 is 4.74 Å². The number of esters is 1. The van der Waals surface area contributed by atoms with Crippen LogP contribution in [0.25, 0.3) is 6.08 Å². The lowest BCUT2D eigenvalue weighted by molar-refractivity contribution is -0.142. The predicted octanol–water partition coefficient (Wildman–Crippen LogP) is 4.85. The summed E-state index contributed by atoms with van der Waals surface area (Å²) in [7, 11) is 1.30. The average Bonchev–Trinajstić information content (AvgIpc) is 3.10. The summed E-state index contributed by atoms with van der Waals surface area (Å²) in [6, 6.07) is 14.2. The number of Topliss-reactive ketones (excluding diaryl/α,β-unsaturated/α-hetero) is 1. The Labute approximate surface area is 197 Å². The van der Waals surface area contributed by atoms with E-state index in [1.165, 1.54) is 25.8 Å². The molecular formula is C25H26N2O5S. The number of rotatable bonds is 9. The number of amides is 1. The standard InChI is InChI=1S/C25H26N2O5S/c1-4-5-13-27-24(30)22(14-18-9-11-21(12-10-18)32-16-23(29)31-3)33-25(27)26-20-8-6-7-19(15-20)17(2)28/h6-12,14-15H,4-5,13,16H2,1-3H3/b22-14-,26-25?. The van der Waals surface area contributed by atoms with E-state index in [4.69, 9.17) is 4.74 Å². The van der Waals surface area contributed by atoms with Crippen molar-refractivity contribution in [3.05, 3.63) is 64.6 Å². The topological polar surface area (TPSA) is 85.3 Å². The molecule has 0 unspecified atom stereocenters. The smallest absolute Gasteiger partial charge is 0.343 e. The highest BCUT2D eigenvalue weighted by molar-refractivity contribution is 8.18. The van der Waals surface area contributed by atoms with E-state index in [2.05, 4.69) is 16.7 Å². The van der Waals surface area contributed by atoms with Gasteiger partial charge < -0.3 is 9.47 Å². The summed E-state index contributed by atoms with van der Waals surface area (Å²) < 4.78 is 9.92. The molecule has 0 aliphatic carbocycles. The Morgan fingerprint density at radius 1 is 1.15 bits per heavy atom. The molecule has 1 aliphatic rings. The summed E-state index contributed by atoms with van der Waals surface area (Å²) in [5, 5.41) is 0.596. The normalized spacial score (nSPS) is 15.8. The van der Waals surface area contributed by atoms with Crippen LogP contribution in [0.2, 0.25) is 0 Å². The molecule has 2 aromatic carbocycles. The Bertz CT molecular complexity index is 1090. The van der Waals surface area contributed by atoms with Crippen LogP contribution in [0.3, 0.4) is 0 Å². The van der Waals surface area contributed by atoms with Crippen molar-refractivity contribution in [1.29, 1.82) is 0 Å². The second kappa shape index (κ2) is 11.5. The number of amidine groups is 1. The van der Waals surface area contributed by atoms with Gasteiger partial charge in [-0.25, -0.2) is 9.79 Å². The number of nitrogens with zero attached hydrogens (tertiary/aromatic N) is 2. The number of aliphatic imine (C=N–C) groups is 1. The predicted molar refractivity (Wildman–Crippen MR) is 130 cm³/mol. The van der Waals surface area contributed by atoms with Crippen LogP contribution in [-0.2, 0) is 14.3 Å². The number of hydrogen-bond acceptors (Lipinski definition) is 7. The Morgan fingerprint density at radius 2 is 1.91 bits per heavy atom. The van der Waals surface area contributed by atoms with Gasteiger partial charge in [-0.2, -0.15) is 0 Å². The minimum atomic E-state index is -0.457. The molecule has 2 aromatic rings. The van der Waals surface area contributed by atoms with Gasteiger partial charge in [-0.05, 0) is 61.0 Å².